The van der Waals surface area contributed by atoms with Crippen LogP contribution >= 0.6 is 24.0 Å². The number of carbonyl (C=O) groups is 2. The molecule has 0 unspecified atom stereocenters. The first-order valence-corrected chi connectivity index (χ1v) is 9.50. The molecule has 0 atom stereocenters. The van der Waals surface area contributed by atoms with Crippen molar-refractivity contribution in [3.63, 3.8) is 0 Å². The van der Waals surface area contributed by atoms with Gasteiger partial charge in [-0.2, -0.15) is 0 Å². The van der Waals surface area contributed by atoms with E-state index >= 15 is 0 Å². The Balaban J connectivity index is 0.00000338. The van der Waals surface area contributed by atoms with Crippen molar-refractivity contribution >= 4 is 41.5 Å². The first kappa shape index (κ1) is 22.7. The molecule has 1 aliphatic rings. The van der Waals surface area contributed by atoms with E-state index in [0.29, 0.717) is 29.6 Å². The van der Waals surface area contributed by atoms with Gasteiger partial charge in [-0.1, -0.05) is 18.5 Å². The van der Waals surface area contributed by atoms with Gasteiger partial charge in [0.05, 0.1) is 6.54 Å². The maximum absolute atomic E-state index is 12.5. The van der Waals surface area contributed by atoms with E-state index in [1.807, 2.05) is 6.92 Å². The monoisotopic (exact) mass is 401 g/mol. The van der Waals surface area contributed by atoms with Gasteiger partial charge in [0.15, 0.2) is 0 Å². The maximum Gasteiger partial charge on any atom is 0.243 e. The van der Waals surface area contributed by atoms with Gasteiger partial charge >= 0.3 is 0 Å². The summed E-state index contributed by atoms with van der Waals surface area (Å²) in [5, 5.41) is 6.78. The highest BCUT2D eigenvalue weighted by molar-refractivity contribution is 6.30. The Morgan fingerprint density at radius 3 is 2.50 bits per heavy atom. The van der Waals surface area contributed by atoms with Gasteiger partial charge in [-0.15, -0.1) is 12.4 Å². The number of anilines is 1. The summed E-state index contributed by atoms with van der Waals surface area (Å²) < 4.78 is 0. The Labute approximate surface area is 167 Å². The fraction of sp³-hybridized carbons (Fsp3) is 0.579. The summed E-state index contributed by atoms with van der Waals surface area (Å²) in [7, 11) is 0. The van der Waals surface area contributed by atoms with Crippen LogP contribution in [0.3, 0.4) is 0 Å². The lowest BCUT2D eigenvalue weighted by molar-refractivity contribution is -0.135. The quantitative estimate of drug-likeness (QED) is 0.697. The van der Waals surface area contributed by atoms with E-state index in [9.17, 15) is 9.59 Å². The van der Waals surface area contributed by atoms with Crippen LogP contribution in [0.5, 0.6) is 0 Å². The molecule has 0 bridgehead atoms. The molecule has 2 amide bonds. The predicted octanol–water partition coefficient (Wildman–Crippen LogP) is 3.72. The average Bonchev–Trinajstić information content (AvgIpc) is 2.62. The number of hydrogen-bond donors (Lipinski definition) is 2. The van der Waals surface area contributed by atoms with Gasteiger partial charge in [0.2, 0.25) is 11.8 Å². The highest BCUT2D eigenvalue weighted by Crippen LogP contribution is 2.18. The van der Waals surface area contributed by atoms with Crippen molar-refractivity contribution in [1.82, 2.24) is 10.2 Å². The third kappa shape index (κ3) is 7.94. The van der Waals surface area contributed by atoms with Crippen LogP contribution in [0.1, 0.15) is 39.0 Å². The summed E-state index contributed by atoms with van der Waals surface area (Å²) in [5.41, 5.74) is 0.688. The minimum Gasteiger partial charge on any atom is -0.333 e. The maximum atomic E-state index is 12.5. The van der Waals surface area contributed by atoms with E-state index in [2.05, 4.69) is 10.6 Å². The van der Waals surface area contributed by atoms with Crippen LogP contribution in [-0.4, -0.2) is 42.9 Å². The molecule has 0 radical (unpaired) electrons. The molecule has 0 aliphatic carbocycles. The highest BCUT2D eigenvalue weighted by Gasteiger charge is 2.19. The van der Waals surface area contributed by atoms with Gasteiger partial charge in [0.1, 0.15) is 0 Å². The summed E-state index contributed by atoms with van der Waals surface area (Å²) in [6.45, 7) is 4.81. The summed E-state index contributed by atoms with van der Waals surface area (Å²) in [4.78, 5) is 26.4. The Hall–Kier alpha value is -1.30. The van der Waals surface area contributed by atoms with Gasteiger partial charge in [-0.3, -0.25) is 9.59 Å². The number of rotatable bonds is 8. The van der Waals surface area contributed by atoms with Crippen LogP contribution < -0.4 is 10.6 Å². The minimum atomic E-state index is -0.175. The zero-order valence-electron chi connectivity index (χ0n) is 15.3. The van der Waals surface area contributed by atoms with Crippen molar-refractivity contribution in [3.05, 3.63) is 29.3 Å². The minimum absolute atomic E-state index is 0. The van der Waals surface area contributed by atoms with Crippen LogP contribution in [0.25, 0.3) is 0 Å². The molecule has 1 aliphatic heterocycles. The van der Waals surface area contributed by atoms with Gasteiger partial charge in [0.25, 0.3) is 0 Å². The summed E-state index contributed by atoms with van der Waals surface area (Å²) >= 11 is 5.84. The van der Waals surface area contributed by atoms with Gasteiger partial charge in [-0.25, -0.2) is 0 Å². The van der Waals surface area contributed by atoms with Gasteiger partial charge in [-0.05, 0) is 69.0 Å². The molecule has 146 valence electrons. The molecule has 1 aromatic carbocycles. The topological polar surface area (TPSA) is 61.4 Å². The van der Waals surface area contributed by atoms with Crippen molar-refractivity contribution in [2.75, 3.05) is 31.5 Å². The van der Waals surface area contributed by atoms with Crippen molar-refractivity contribution in [1.29, 1.82) is 0 Å². The third-order valence-electron chi connectivity index (χ3n) is 4.53. The summed E-state index contributed by atoms with van der Waals surface area (Å²) in [6, 6.07) is 6.96. The van der Waals surface area contributed by atoms with Crippen LogP contribution in [0.2, 0.25) is 5.02 Å². The molecule has 1 saturated heterocycles. The van der Waals surface area contributed by atoms with Gasteiger partial charge in [0, 0.05) is 23.7 Å². The summed E-state index contributed by atoms with van der Waals surface area (Å²) in [6.07, 6.45) is 4.56. The number of hydrogen-bond acceptors (Lipinski definition) is 3. The van der Waals surface area contributed by atoms with E-state index in [4.69, 9.17) is 11.6 Å². The molecular weight excluding hydrogens is 373 g/mol. The van der Waals surface area contributed by atoms with E-state index < -0.39 is 0 Å². The molecule has 1 fully saturated rings. The number of amides is 2. The number of halogens is 2. The second kappa shape index (κ2) is 12.2. The average molecular weight is 402 g/mol. The first-order chi connectivity index (χ1) is 12.1. The molecule has 5 nitrogen and oxygen atoms in total. The zero-order valence-corrected chi connectivity index (χ0v) is 16.9. The van der Waals surface area contributed by atoms with E-state index in [0.717, 1.165) is 38.8 Å². The number of carbonyl (C=O) groups excluding carboxylic acids is 2. The normalized spacial score (nSPS) is 14.4. The standard InChI is InChI=1S/C19H28ClN3O2.ClH/c1-2-13-23(19(25)8-3-15-9-11-21-12-10-15)14-18(24)22-17-6-4-16(20)5-7-17;/h4-7,15,21H,2-3,8-14H2,1H3,(H,22,24);1H. The highest BCUT2D eigenvalue weighted by atomic mass is 35.5. The van der Waals surface area contributed by atoms with Crippen LogP contribution in [0.4, 0.5) is 5.69 Å². The molecule has 26 heavy (non-hydrogen) atoms. The lowest BCUT2D eigenvalue weighted by Crippen LogP contribution is -2.39. The Morgan fingerprint density at radius 2 is 1.88 bits per heavy atom. The van der Waals surface area contributed by atoms with Crippen LogP contribution in [0, 0.1) is 5.92 Å². The number of nitrogens with zero attached hydrogens (tertiary/aromatic N) is 1. The Morgan fingerprint density at radius 1 is 1.23 bits per heavy atom. The second-order valence-corrected chi connectivity index (χ2v) is 7.04. The van der Waals surface area contributed by atoms with Gasteiger partial charge < -0.3 is 15.5 Å². The largest absolute Gasteiger partial charge is 0.333 e. The number of piperidine rings is 1. The molecular formula is C19H29Cl2N3O2. The molecule has 7 heteroatoms. The Kier molecular flexibility index (Phi) is 10.6. The van der Waals surface area contributed by atoms with Crippen molar-refractivity contribution in [3.8, 4) is 0 Å². The number of benzene rings is 1. The number of nitrogens with one attached hydrogen (secondary N) is 2. The van der Waals surface area contributed by atoms with E-state index in [1.54, 1.807) is 29.2 Å². The molecule has 1 aromatic rings. The van der Waals surface area contributed by atoms with Crippen molar-refractivity contribution in [2.24, 2.45) is 5.92 Å². The fourth-order valence-corrected chi connectivity index (χ4v) is 3.25. The van der Waals surface area contributed by atoms with E-state index in [-0.39, 0.29) is 30.8 Å². The summed E-state index contributed by atoms with van der Waals surface area (Å²) in [5.74, 6) is 0.522. The second-order valence-electron chi connectivity index (χ2n) is 6.60. The molecule has 0 saturated carbocycles. The Bertz CT molecular complexity index is 560. The lowest BCUT2D eigenvalue weighted by Gasteiger charge is -2.25. The molecule has 2 N–H and O–H groups in total. The lowest BCUT2D eigenvalue weighted by atomic mass is 9.93. The van der Waals surface area contributed by atoms with Crippen molar-refractivity contribution < 1.29 is 9.59 Å². The molecule has 0 aromatic heterocycles. The van der Waals surface area contributed by atoms with E-state index in [1.165, 1.54) is 0 Å². The molecule has 1 heterocycles. The predicted molar refractivity (Wildman–Crippen MR) is 109 cm³/mol. The molecule has 2 rings (SSSR count). The van der Waals surface area contributed by atoms with Crippen molar-refractivity contribution in [2.45, 2.75) is 39.0 Å². The molecule has 0 spiro atoms. The van der Waals surface area contributed by atoms with Crippen LogP contribution in [-0.2, 0) is 9.59 Å². The smallest absolute Gasteiger partial charge is 0.243 e. The third-order valence-corrected chi connectivity index (χ3v) is 4.79. The zero-order chi connectivity index (χ0) is 18.1. The fourth-order valence-electron chi connectivity index (χ4n) is 3.13. The van der Waals surface area contributed by atoms with Crippen LogP contribution in [0.15, 0.2) is 24.3 Å². The first-order valence-electron chi connectivity index (χ1n) is 9.12. The SMILES string of the molecule is CCCN(CC(=O)Nc1ccc(Cl)cc1)C(=O)CCC1CCNCC1.Cl.